The van der Waals surface area contributed by atoms with E-state index in [1.54, 1.807) is 14.2 Å². The van der Waals surface area contributed by atoms with Crippen LogP contribution >= 0.6 is 11.3 Å². The van der Waals surface area contributed by atoms with Gasteiger partial charge in [-0.05, 0) is 42.5 Å². The van der Waals surface area contributed by atoms with Crippen molar-refractivity contribution in [3.8, 4) is 11.5 Å². The molecule has 2 aromatic carbocycles. The predicted molar refractivity (Wildman–Crippen MR) is 126 cm³/mol. The molecule has 0 spiro atoms. The van der Waals surface area contributed by atoms with Gasteiger partial charge in [0.05, 0.1) is 19.6 Å². The number of aromatic nitrogens is 2. The van der Waals surface area contributed by atoms with Crippen LogP contribution in [0.4, 0.5) is 5.82 Å². The van der Waals surface area contributed by atoms with Crippen molar-refractivity contribution in [3.05, 3.63) is 75.9 Å². The van der Waals surface area contributed by atoms with Gasteiger partial charge in [-0.15, -0.1) is 11.3 Å². The van der Waals surface area contributed by atoms with Crippen molar-refractivity contribution in [3.63, 3.8) is 0 Å². The highest BCUT2D eigenvalue weighted by Gasteiger charge is 2.22. The second kappa shape index (κ2) is 8.55. The number of rotatable bonds is 7. The van der Waals surface area contributed by atoms with Gasteiger partial charge < -0.3 is 14.8 Å². The van der Waals surface area contributed by atoms with E-state index in [-0.39, 0.29) is 0 Å². The maximum Gasteiger partial charge on any atom is 0.139 e. The number of aryl methyl sites for hydroxylation is 2. The monoisotopic (exact) mass is 431 g/mol. The van der Waals surface area contributed by atoms with E-state index in [0.717, 1.165) is 52.8 Å². The second-order valence-corrected chi connectivity index (χ2v) is 8.80. The Morgan fingerprint density at radius 1 is 1.00 bits per heavy atom. The summed E-state index contributed by atoms with van der Waals surface area (Å²) >= 11 is 1.83. The van der Waals surface area contributed by atoms with Gasteiger partial charge in [-0.2, -0.15) is 0 Å². The Hall–Kier alpha value is -3.12. The molecule has 4 aromatic rings. The Labute approximate surface area is 186 Å². The van der Waals surface area contributed by atoms with Gasteiger partial charge in [0, 0.05) is 29.5 Å². The number of nitrogens with zero attached hydrogens (tertiary/aromatic N) is 2. The molecule has 5 nitrogen and oxygen atoms in total. The lowest BCUT2D eigenvalue weighted by Gasteiger charge is -2.13. The van der Waals surface area contributed by atoms with Gasteiger partial charge >= 0.3 is 0 Å². The van der Waals surface area contributed by atoms with Gasteiger partial charge in [0.2, 0.25) is 0 Å². The molecule has 0 aliphatic heterocycles. The molecule has 0 bridgehead atoms. The molecule has 5 rings (SSSR count). The molecule has 0 fully saturated rings. The highest BCUT2D eigenvalue weighted by Crippen LogP contribution is 2.40. The van der Waals surface area contributed by atoms with Crippen LogP contribution in [0.3, 0.4) is 0 Å². The van der Waals surface area contributed by atoms with Crippen LogP contribution in [0, 0.1) is 0 Å². The van der Waals surface area contributed by atoms with Gasteiger partial charge in [0.15, 0.2) is 0 Å². The Balaban J connectivity index is 1.50. The van der Waals surface area contributed by atoms with Gasteiger partial charge in [-0.25, -0.2) is 9.97 Å². The molecule has 1 aliphatic rings. The summed E-state index contributed by atoms with van der Waals surface area (Å²) < 4.78 is 10.9. The maximum absolute atomic E-state index is 5.57. The molecule has 1 aliphatic carbocycles. The third-order valence-electron chi connectivity index (χ3n) is 5.76. The molecule has 0 saturated carbocycles. The number of nitrogens with one attached hydrogen (secondary N) is 1. The fourth-order valence-corrected chi connectivity index (χ4v) is 5.48. The van der Waals surface area contributed by atoms with E-state index in [1.807, 2.05) is 35.6 Å². The van der Waals surface area contributed by atoms with Crippen molar-refractivity contribution in [2.24, 2.45) is 0 Å². The lowest BCUT2D eigenvalue weighted by atomic mass is 10.1. The second-order valence-electron chi connectivity index (χ2n) is 7.72. The fourth-order valence-electron chi connectivity index (χ4n) is 4.20. The van der Waals surface area contributed by atoms with Crippen molar-refractivity contribution < 1.29 is 9.47 Å². The molecule has 0 saturated heterocycles. The molecular weight excluding hydrogens is 406 g/mol. The van der Waals surface area contributed by atoms with E-state index in [0.29, 0.717) is 6.54 Å². The predicted octanol–water partition coefficient (Wildman–Crippen LogP) is 5.40. The van der Waals surface area contributed by atoms with Crippen LogP contribution in [-0.2, 0) is 25.8 Å². The van der Waals surface area contributed by atoms with Crippen LogP contribution in [0.5, 0.6) is 11.5 Å². The molecule has 0 atom stereocenters. The third kappa shape index (κ3) is 3.95. The molecule has 0 radical (unpaired) electrons. The highest BCUT2D eigenvalue weighted by atomic mass is 32.1. The normalized spacial score (nSPS) is 12.7. The van der Waals surface area contributed by atoms with Gasteiger partial charge in [-0.3, -0.25) is 0 Å². The summed E-state index contributed by atoms with van der Waals surface area (Å²) in [5, 5.41) is 4.79. The number of hydrogen-bond acceptors (Lipinski definition) is 6. The summed E-state index contributed by atoms with van der Waals surface area (Å²) in [6.07, 6.45) is 4.20. The van der Waals surface area contributed by atoms with Crippen molar-refractivity contribution in [2.75, 3.05) is 19.5 Å². The number of anilines is 1. The Kier molecular flexibility index (Phi) is 5.47. The zero-order valence-electron chi connectivity index (χ0n) is 17.8. The summed E-state index contributed by atoms with van der Waals surface area (Å²) in [6.45, 7) is 0.620. The zero-order chi connectivity index (χ0) is 21.2. The smallest absolute Gasteiger partial charge is 0.139 e. The first kappa shape index (κ1) is 19.8. The lowest BCUT2D eigenvalue weighted by molar-refractivity contribution is 0.391. The average molecular weight is 432 g/mol. The first-order valence-corrected chi connectivity index (χ1v) is 11.4. The third-order valence-corrected chi connectivity index (χ3v) is 6.94. The van der Waals surface area contributed by atoms with E-state index < -0.39 is 0 Å². The van der Waals surface area contributed by atoms with Crippen molar-refractivity contribution in [1.29, 1.82) is 0 Å². The molecule has 2 heterocycles. The number of methoxy groups -OCH3 is 2. The number of benzene rings is 2. The van der Waals surface area contributed by atoms with E-state index >= 15 is 0 Å². The van der Waals surface area contributed by atoms with E-state index in [9.17, 15) is 0 Å². The topological polar surface area (TPSA) is 56.3 Å². The molecule has 31 heavy (non-hydrogen) atoms. The number of ether oxygens (including phenoxy) is 2. The maximum atomic E-state index is 5.57. The van der Waals surface area contributed by atoms with E-state index in [1.165, 1.54) is 27.8 Å². The van der Waals surface area contributed by atoms with E-state index in [2.05, 4.69) is 29.6 Å². The van der Waals surface area contributed by atoms with Gasteiger partial charge in [-0.1, -0.05) is 30.3 Å². The minimum Gasteiger partial charge on any atom is -0.497 e. The molecule has 1 N–H and O–H groups in total. The fraction of sp³-hybridized carbons (Fsp3) is 0.280. The first-order chi connectivity index (χ1) is 15.2. The van der Waals surface area contributed by atoms with Crippen molar-refractivity contribution in [1.82, 2.24) is 9.97 Å². The number of hydrogen-bond donors (Lipinski definition) is 1. The van der Waals surface area contributed by atoms with Crippen LogP contribution in [0.1, 0.15) is 33.8 Å². The summed E-state index contributed by atoms with van der Waals surface area (Å²) in [7, 11) is 3.35. The SMILES string of the molecule is COc1ccc(CNc2nc(Cc3ccccc3)nc3sc4c(c23)CCC4)c(OC)c1. The largest absolute Gasteiger partial charge is 0.497 e. The summed E-state index contributed by atoms with van der Waals surface area (Å²) in [5.41, 5.74) is 3.70. The van der Waals surface area contributed by atoms with Crippen LogP contribution in [-0.4, -0.2) is 24.2 Å². The van der Waals surface area contributed by atoms with Crippen molar-refractivity contribution in [2.45, 2.75) is 32.2 Å². The van der Waals surface area contributed by atoms with E-state index in [4.69, 9.17) is 19.4 Å². The summed E-state index contributed by atoms with van der Waals surface area (Å²) in [4.78, 5) is 12.5. The van der Waals surface area contributed by atoms with Crippen LogP contribution in [0.25, 0.3) is 10.2 Å². The molecular formula is C25H25N3O2S. The zero-order valence-corrected chi connectivity index (χ0v) is 18.6. The Bertz CT molecular complexity index is 1220. The van der Waals surface area contributed by atoms with Crippen molar-refractivity contribution >= 4 is 27.4 Å². The summed E-state index contributed by atoms with van der Waals surface area (Å²) in [6, 6.07) is 16.3. The Morgan fingerprint density at radius 2 is 1.87 bits per heavy atom. The molecule has 2 aromatic heterocycles. The molecule has 6 heteroatoms. The minimum absolute atomic E-state index is 0.620. The minimum atomic E-state index is 0.620. The van der Waals surface area contributed by atoms with Crippen LogP contribution < -0.4 is 14.8 Å². The molecule has 0 unspecified atom stereocenters. The number of fused-ring (bicyclic) bond motifs is 3. The number of thiophene rings is 1. The molecule has 0 amide bonds. The Morgan fingerprint density at radius 3 is 2.68 bits per heavy atom. The van der Waals surface area contributed by atoms with Crippen LogP contribution in [0.15, 0.2) is 48.5 Å². The lowest BCUT2D eigenvalue weighted by Crippen LogP contribution is -2.07. The van der Waals surface area contributed by atoms with Crippen LogP contribution in [0.2, 0.25) is 0 Å². The molecule has 158 valence electrons. The first-order valence-electron chi connectivity index (χ1n) is 10.5. The quantitative estimate of drug-likeness (QED) is 0.425. The standard InChI is InChI=1S/C25H25N3O2S/c1-29-18-12-11-17(20(14-18)30-2)15-26-24-23-19-9-6-10-21(19)31-25(23)28-22(27-24)13-16-7-4-3-5-8-16/h3-5,7-8,11-12,14H,6,9-10,13,15H2,1-2H3,(H,26,27,28). The summed E-state index contributed by atoms with van der Waals surface area (Å²) in [5.74, 6) is 3.36. The average Bonchev–Trinajstić information content (AvgIpc) is 3.39. The van der Waals surface area contributed by atoms with Gasteiger partial charge in [0.1, 0.15) is 28.0 Å². The van der Waals surface area contributed by atoms with Gasteiger partial charge in [0.25, 0.3) is 0 Å². The highest BCUT2D eigenvalue weighted by molar-refractivity contribution is 7.19.